The molecule has 0 aliphatic heterocycles. The number of halogens is 1. The molecular formula is C17H28ClN3. The maximum Gasteiger partial charge on any atom is 0.0847 e. The van der Waals surface area contributed by atoms with Crippen LogP contribution in [0.15, 0.2) is 0 Å². The summed E-state index contributed by atoms with van der Waals surface area (Å²) < 4.78 is 2.11. The quantitative estimate of drug-likeness (QED) is 0.776. The zero-order chi connectivity index (χ0) is 15.0. The fourth-order valence-electron chi connectivity index (χ4n) is 4.28. The molecule has 0 bridgehead atoms. The van der Waals surface area contributed by atoms with Crippen LogP contribution in [-0.4, -0.2) is 22.9 Å². The monoisotopic (exact) mass is 309 g/mol. The van der Waals surface area contributed by atoms with E-state index in [4.69, 9.17) is 11.6 Å². The third-order valence-electron chi connectivity index (χ3n) is 5.38. The highest BCUT2D eigenvalue weighted by molar-refractivity contribution is 6.31. The Balaban J connectivity index is 1.78. The Morgan fingerprint density at radius 2 is 2.05 bits per heavy atom. The molecule has 3 nitrogen and oxygen atoms in total. The summed E-state index contributed by atoms with van der Waals surface area (Å²) in [4.78, 5) is 0. The number of fused-ring (bicyclic) bond motifs is 1. The Kier molecular flexibility index (Phi) is 4.33. The van der Waals surface area contributed by atoms with Crippen LogP contribution in [0.3, 0.4) is 0 Å². The minimum atomic E-state index is 0.409. The lowest BCUT2D eigenvalue weighted by molar-refractivity contribution is 0.243. The molecule has 1 aromatic rings. The van der Waals surface area contributed by atoms with Gasteiger partial charge in [0.15, 0.2) is 0 Å². The predicted molar refractivity (Wildman–Crippen MR) is 87.8 cm³/mol. The first-order valence-corrected chi connectivity index (χ1v) is 8.89. The van der Waals surface area contributed by atoms with E-state index < -0.39 is 0 Å². The zero-order valence-corrected chi connectivity index (χ0v) is 14.3. The third kappa shape index (κ3) is 3.00. The molecule has 3 rings (SSSR count). The van der Waals surface area contributed by atoms with E-state index in [-0.39, 0.29) is 0 Å². The van der Waals surface area contributed by atoms with E-state index in [2.05, 4.69) is 28.9 Å². The maximum absolute atomic E-state index is 6.54. The van der Waals surface area contributed by atoms with Gasteiger partial charge in [-0.15, -0.1) is 0 Å². The SMILES string of the molecule is CCCNCC1(Cc2c(Cl)c(C)nn2CC)CC2CC2C1. The highest BCUT2D eigenvalue weighted by Crippen LogP contribution is 2.60. The number of nitrogens with zero attached hydrogens (tertiary/aromatic N) is 2. The lowest BCUT2D eigenvalue weighted by Crippen LogP contribution is -2.36. The van der Waals surface area contributed by atoms with Crippen LogP contribution in [0.2, 0.25) is 5.02 Å². The smallest absolute Gasteiger partial charge is 0.0847 e. The van der Waals surface area contributed by atoms with Gasteiger partial charge in [-0.25, -0.2) is 0 Å². The van der Waals surface area contributed by atoms with Crippen LogP contribution in [0.1, 0.15) is 50.9 Å². The minimum absolute atomic E-state index is 0.409. The van der Waals surface area contributed by atoms with Crippen molar-refractivity contribution in [1.29, 1.82) is 0 Å². The van der Waals surface area contributed by atoms with E-state index in [1.807, 2.05) is 6.92 Å². The summed E-state index contributed by atoms with van der Waals surface area (Å²) in [5.41, 5.74) is 2.65. The highest BCUT2D eigenvalue weighted by atomic mass is 35.5. The molecule has 2 saturated carbocycles. The van der Waals surface area contributed by atoms with Crippen molar-refractivity contribution in [3.05, 3.63) is 16.4 Å². The second-order valence-corrected chi connectivity index (χ2v) is 7.56. The Morgan fingerprint density at radius 3 is 2.67 bits per heavy atom. The van der Waals surface area contributed by atoms with Gasteiger partial charge in [-0.3, -0.25) is 4.68 Å². The van der Waals surface area contributed by atoms with Gasteiger partial charge < -0.3 is 5.32 Å². The van der Waals surface area contributed by atoms with Crippen LogP contribution in [0, 0.1) is 24.2 Å². The lowest BCUT2D eigenvalue weighted by Gasteiger charge is -2.32. The largest absolute Gasteiger partial charge is 0.316 e. The van der Waals surface area contributed by atoms with Gasteiger partial charge in [-0.05, 0) is 69.7 Å². The average Bonchev–Trinajstić information content (AvgIpc) is 3.00. The predicted octanol–water partition coefficient (Wildman–Crippen LogP) is 3.82. The van der Waals surface area contributed by atoms with E-state index in [1.54, 1.807) is 0 Å². The molecule has 1 N–H and O–H groups in total. The van der Waals surface area contributed by atoms with Gasteiger partial charge in [0.2, 0.25) is 0 Å². The number of rotatable bonds is 7. The van der Waals surface area contributed by atoms with Gasteiger partial charge in [-0.2, -0.15) is 5.10 Å². The van der Waals surface area contributed by atoms with Crippen molar-refractivity contribution < 1.29 is 0 Å². The number of aryl methyl sites for hydroxylation is 2. The fourth-order valence-corrected chi connectivity index (χ4v) is 4.48. The number of hydrogen-bond donors (Lipinski definition) is 1. The normalized spacial score (nSPS) is 30.7. The molecule has 0 spiro atoms. The Morgan fingerprint density at radius 1 is 1.33 bits per heavy atom. The Hall–Kier alpha value is -0.540. The molecule has 0 saturated heterocycles. The average molecular weight is 310 g/mol. The van der Waals surface area contributed by atoms with Gasteiger partial charge in [0.1, 0.15) is 0 Å². The second-order valence-electron chi connectivity index (χ2n) is 7.18. The van der Waals surface area contributed by atoms with Crippen molar-refractivity contribution in [3.63, 3.8) is 0 Å². The molecule has 2 atom stereocenters. The summed E-state index contributed by atoms with van der Waals surface area (Å²) in [5, 5.41) is 9.16. The van der Waals surface area contributed by atoms with Crippen LogP contribution in [0.4, 0.5) is 0 Å². The van der Waals surface area contributed by atoms with Gasteiger partial charge in [0.05, 0.1) is 16.4 Å². The number of nitrogens with one attached hydrogen (secondary N) is 1. The van der Waals surface area contributed by atoms with Crippen LogP contribution in [-0.2, 0) is 13.0 Å². The van der Waals surface area contributed by atoms with E-state index in [0.29, 0.717) is 5.41 Å². The molecule has 0 radical (unpaired) electrons. The molecule has 0 aromatic carbocycles. The van der Waals surface area contributed by atoms with Crippen molar-refractivity contribution in [2.75, 3.05) is 13.1 Å². The van der Waals surface area contributed by atoms with E-state index in [9.17, 15) is 0 Å². The Labute approximate surface area is 133 Å². The zero-order valence-electron chi connectivity index (χ0n) is 13.6. The van der Waals surface area contributed by atoms with Crippen molar-refractivity contribution in [2.45, 2.75) is 59.4 Å². The van der Waals surface area contributed by atoms with Crippen LogP contribution >= 0.6 is 11.6 Å². The van der Waals surface area contributed by atoms with Gasteiger partial charge in [0, 0.05) is 13.1 Å². The number of hydrogen-bond acceptors (Lipinski definition) is 2. The summed E-state index contributed by atoms with van der Waals surface area (Å²) in [6.07, 6.45) is 6.51. The maximum atomic E-state index is 6.54. The summed E-state index contributed by atoms with van der Waals surface area (Å²) in [5.74, 6) is 1.98. The molecule has 2 unspecified atom stereocenters. The molecule has 118 valence electrons. The van der Waals surface area contributed by atoms with Crippen LogP contribution < -0.4 is 5.32 Å². The van der Waals surface area contributed by atoms with Gasteiger partial charge in [0.25, 0.3) is 0 Å². The summed E-state index contributed by atoms with van der Waals surface area (Å²) >= 11 is 6.54. The molecule has 2 aliphatic rings. The molecule has 1 heterocycles. The lowest BCUT2D eigenvalue weighted by atomic mass is 9.78. The second kappa shape index (κ2) is 5.92. The Bertz CT molecular complexity index is 498. The fraction of sp³-hybridized carbons (Fsp3) is 0.824. The molecule has 2 fully saturated rings. The van der Waals surface area contributed by atoms with Crippen molar-refractivity contribution in [3.8, 4) is 0 Å². The molecule has 4 heteroatoms. The summed E-state index contributed by atoms with van der Waals surface area (Å²) in [6.45, 7) is 9.58. The standard InChI is InChI=1S/C17H28ClN3/c1-4-6-19-11-17(8-13-7-14(13)9-17)10-15-16(18)12(3)20-21(15)5-2/h13-14,19H,4-11H2,1-3H3. The molecule has 2 aliphatic carbocycles. The molecular weight excluding hydrogens is 282 g/mol. The first-order chi connectivity index (χ1) is 10.1. The van der Waals surface area contributed by atoms with Crippen LogP contribution in [0.25, 0.3) is 0 Å². The van der Waals surface area contributed by atoms with E-state index in [0.717, 1.165) is 48.6 Å². The summed E-state index contributed by atoms with van der Waals surface area (Å²) in [7, 11) is 0. The first-order valence-electron chi connectivity index (χ1n) is 8.51. The molecule has 0 amide bonds. The van der Waals surface area contributed by atoms with Crippen molar-refractivity contribution >= 4 is 11.6 Å². The molecule has 1 aromatic heterocycles. The van der Waals surface area contributed by atoms with Crippen LogP contribution in [0.5, 0.6) is 0 Å². The first kappa shape index (κ1) is 15.4. The van der Waals surface area contributed by atoms with E-state index in [1.165, 1.54) is 31.4 Å². The third-order valence-corrected chi connectivity index (χ3v) is 5.87. The van der Waals surface area contributed by atoms with Crippen molar-refractivity contribution in [2.24, 2.45) is 17.3 Å². The van der Waals surface area contributed by atoms with E-state index >= 15 is 0 Å². The molecule has 21 heavy (non-hydrogen) atoms. The highest BCUT2D eigenvalue weighted by Gasteiger charge is 2.53. The topological polar surface area (TPSA) is 29.9 Å². The van der Waals surface area contributed by atoms with Gasteiger partial charge in [-0.1, -0.05) is 18.5 Å². The minimum Gasteiger partial charge on any atom is -0.316 e. The number of aromatic nitrogens is 2. The summed E-state index contributed by atoms with van der Waals surface area (Å²) in [6, 6.07) is 0. The van der Waals surface area contributed by atoms with Crippen molar-refractivity contribution in [1.82, 2.24) is 15.1 Å². The van der Waals surface area contributed by atoms with Gasteiger partial charge >= 0.3 is 0 Å².